The number of alkyl halides is 6. The van der Waals surface area contributed by atoms with E-state index in [0.717, 1.165) is 0 Å². The van der Waals surface area contributed by atoms with E-state index in [-0.39, 0.29) is 7.11 Å². The van der Waals surface area contributed by atoms with Gasteiger partial charge in [0, 0.05) is 0 Å². The molecule has 0 N–H and O–H groups in total. The number of carbonyl (C=O) groups excluding carboxylic acids is 3. The molecule has 0 fully saturated rings. The van der Waals surface area contributed by atoms with Crippen LogP contribution in [0.15, 0.2) is 0 Å². The summed E-state index contributed by atoms with van der Waals surface area (Å²) in [7, 11) is 0.270. The minimum atomic E-state index is -6.41. The summed E-state index contributed by atoms with van der Waals surface area (Å²) >= 11 is 0. The molecule has 0 saturated carbocycles. The van der Waals surface area contributed by atoms with Crippen LogP contribution in [-0.2, 0) is 28.6 Å². The number of esters is 3. The first kappa shape index (κ1) is 23.0. The summed E-state index contributed by atoms with van der Waals surface area (Å²) in [4.78, 5) is 32.9. The number of hydrogen-bond acceptors (Lipinski definition) is 6. The van der Waals surface area contributed by atoms with Crippen LogP contribution in [0.3, 0.4) is 0 Å². The molecule has 0 radical (unpaired) electrons. The Kier molecular flexibility index (Phi) is 6.88. The van der Waals surface area contributed by atoms with E-state index in [4.69, 9.17) is 0 Å². The lowest BCUT2D eigenvalue weighted by molar-refractivity contribution is -0.300. The average Bonchev–Trinajstić information content (AvgIpc) is 2.48. The second kappa shape index (κ2) is 7.48. The van der Waals surface area contributed by atoms with Gasteiger partial charge in [0.2, 0.25) is 0 Å². The summed E-state index contributed by atoms with van der Waals surface area (Å²) < 4.78 is 91.0. The minimum Gasteiger partial charge on any atom is -0.464 e. The molecule has 0 unspecified atom stereocenters. The molecule has 12 heteroatoms. The van der Waals surface area contributed by atoms with Gasteiger partial charge in [0.25, 0.3) is 0 Å². The summed E-state index contributed by atoms with van der Waals surface area (Å²) in [6, 6.07) is 0. The van der Waals surface area contributed by atoms with Crippen LogP contribution in [0.4, 0.5) is 26.3 Å². The van der Waals surface area contributed by atoms with Crippen molar-refractivity contribution >= 4 is 17.9 Å². The minimum absolute atomic E-state index is 0.270. The van der Waals surface area contributed by atoms with Gasteiger partial charge in [-0.25, -0.2) is 9.59 Å². The van der Waals surface area contributed by atoms with Crippen LogP contribution in [0.25, 0.3) is 0 Å². The first-order valence-electron chi connectivity index (χ1n) is 6.59. The molecule has 0 bridgehead atoms. The fourth-order valence-corrected chi connectivity index (χ4v) is 1.16. The largest absolute Gasteiger partial charge is 0.464 e. The van der Waals surface area contributed by atoms with E-state index in [1.807, 2.05) is 0 Å². The van der Waals surface area contributed by atoms with Crippen LogP contribution < -0.4 is 0 Å². The maximum absolute atomic E-state index is 13.3. The van der Waals surface area contributed by atoms with Gasteiger partial charge in [-0.3, -0.25) is 4.79 Å². The Labute approximate surface area is 138 Å². The normalized spacial score (nSPS) is 13.2. The van der Waals surface area contributed by atoms with E-state index in [2.05, 4.69) is 14.2 Å². The van der Waals surface area contributed by atoms with Crippen molar-refractivity contribution in [2.45, 2.75) is 38.5 Å². The number of carbonyl (C=O) groups is 3. The third-order valence-electron chi connectivity index (χ3n) is 2.65. The predicted octanol–water partition coefficient (Wildman–Crippen LogP) is 2.20. The third-order valence-corrected chi connectivity index (χ3v) is 2.65. The predicted molar refractivity (Wildman–Crippen MR) is 68.2 cm³/mol. The SMILES string of the molecule is COC(=O)C(F)(F)C(F)(F)C(F)(F)C(=O)OCCOC(=O)C(C)(C)C. The first-order chi connectivity index (χ1) is 11.0. The van der Waals surface area contributed by atoms with Crippen molar-refractivity contribution in [3.63, 3.8) is 0 Å². The molecule has 146 valence electrons. The number of methoxy groups -OCH3 is 1. The van der Waals surface area contributed by atoms with E-state index >= 15 is 0 Å². The van der Waals surface area contributed by atoms with E-state index in [0.29, 0.717) is 0 Å². The first-order valence-corrected chi connectivity index (χ1v) is 6.59. The van der Waals surface area contributed by atoms with Gasteiger partial charge in [-0.1, -0.05) is 0 Å². The zero-order valence-electron chi connectivity index (χ0n) is 13.6. The topological polar surface area (TPSA) is 78.9 Å². The van der Waals surface area contributed by atoms with Crippen molar-refractivity contribution in [2.75, 3.05) is 20.3 Å². The van der Waals surface area contributed by atoms with E-state index in [1.54, 1.807) is 0 Å². The molecule has 0 aromatic heterocycles. The molecule has 0 heterocycles. The van der Waals surface area contributed by atoms with Crippen LogP contribution in [0, 0.1) is 5.41 Å². The molecule has 0 aliphatic carbocycles. The second-order valence-electron chi connectivity index (χ2n) is 5.74. The van der Waals surface area contributed by atoms with E-state index in [1.165, 1.54) is 20.8 Å². The third kappa shape index (κ3) is 4.75. The molecule has 0 amide bonds. The van der Waals surface area contributed by atoms with Crippen LogP contribution in [0.1, 0.15) is 20.8 Å². The standard InChI is InChI=1S/C13H16F6O6/c1-10(2,3)7(20)24-5-6-25-9(22)12(16,17)13(18,19)11(14,15)8(21)23-4/h5-6H2,1-4H3. The Morgan fingerprint density at radius 1 is 0.720 bits per heavy atom. The Morgan fingerprint density at radius 2 is 1.08 bits per heavy atom. The number of ether oxygens (including phenoxy) is 3. The lowest BCUT2D eigenvalue weighted by atomic mass is 9.97. The highest BCUT2D eigenvalue weighted by molar-refractivity contribution is 5.84. The van der Waals surface area contributed by atoms with Gasteiger partial charge in [-0.15, -0.1) is 0 Å². The summed E-state index contributed by atoms with van der Waals surface area (Å²) in [6.07, 6.45) is 0. The van der Waals surface area contributed by atoms with Gasteiger partial charge in [0.15, 0.2) is 0 Å². The molecule has 0 atom stereocenters. The number of hydrogen-bond donors (Lipinski definition) is 0. The molecule has 0 saturated heterocycles. The smallest absolute Gasteiger partial charge is 0.411 e. The molecule has 0 aliphatic rings. The number of rotatable bonds is 7. The fraction of sp³-hybridized carbons (Fsp3) is 0.769. The highest BCUT2D eigenvalue weighted by atomic mass is 19.3. The lowest BCUT2D eigenvalue weighted by Gasteiger charge is -2.29. The van der Waals surface area contributed by atoms with Gasteiger partial charge in [0.05, 0.1) is 12.5 Å². The zero-order chi connectivity index (χ0) is 20.3. The summed E-state index contributed by atoms with van der Waals surface area (Å²) in [5.41, 5.74) is -0.969. The molecule has 0 aromatic rings. The van der Waals surface area contributed by atoms with Gasteiger partial charge in [-0.2, -0.15) is 26.3 Å². The average molecular weight is 382 g/mol. The van der Waals surface area contributed by atoms with Crippen LogP contribution >= 0.6 is 0 Å². The monoisotopic (exact) mass is 382 g/mol. The quantitative estimate of drug-likeness (QED) is 0.291. The van der Waals surface area contributed by atoms with Crippen LogP contribution in [0.2, 0.25) is 0 Å². The Bertz CT molecular complexity index is 526. The highest BCUT2D eigenvalue weighted by Crippen LogP contribution is 2.46. The summed E-state index contributed by atoms with van der Waals surface area (Å²) in [6.45, 7) is 2.49. The Balaban J connectivity index is 4.95. The molecule has 6 nitrogen and oxygen atoms in total. The van der Waals surface area contributed by atoms with Crippen molar-refractivity contribution < 1.29 is 54.9 Å². The Hall–Kier alpha value is -2.01. The van der Waals surface area contributed by atoms with E-state index < -0.39 is 54.3 Å². The zero-order valence-corrected chi connectivity index (χ0v) is 13.6. The summed E-state index contributed by atoms with van der Waals surface area (Å²) in [5.74, 6) is -25.2. The van der Waals surface area contributed by atoms with Crippen molar-refractivity contribution in [3.05, 3.63) is 0 Å². The highest BCUT2D eigenvalue weighted by Gasteiger charge is 2.79. The summed E-state index contributed by atoms with van der Waals surface area (Å²) in [5, 5.41) is 0. The molecule has 0 rings (SSSR count). The van der Waals surface area contributed by atoms with Crippen LogP contribution in [-0.4, -0.2) is 56.0 Å². The molecule has 0 aliphatic heterocycles. The maximum Gasteiger partial charge on any atom is 0.411 e. The number of halogens is 6. The lowest BCUT2D eigenvalue weighted by Crippen LogP contribution is -2.61. The van der Waals surface area contributed by atoms with Crippen molar-refractivity contribution in [1.29, 1.82) is 0 Å². The molecule has 0 spiro atoms. The van der Waals surface area contributed by atoms with Crippen molar-refractivity contribution in [2.24, 2.45) is 5.41 Å². The van der Waals surface area contributed by atoms with Crippen molar-refractivity contribution in [3.8, 4) is 0 Å². The van der Waals surface area contributed by atoms with Gasteiger partial charge in [0.1, 0.15) is 13.2 Å². The second-order valence-corrected chi connectivity index (χ2v) is 5.74. The fourth-order valence-electron chi connectivity index (χ4n) is 1.16. The van der Waals surface area contributed by atoms with Gasteiger partial charge < -0.3 is 14.2 Å². The van der Waals surface area contributed by atoms with Gasteiger partial charge in [-0.05, 0) is 20.8 Å². The molecular formula is C13H16F6O6. The Morgan fingerprint density at radius 3 is 1.44 bits per heavy atom. The van der Waals surface area contributed by atoms with Crippen molar-refractivity contribution in [1.82, 2.24) is 0 Å². The van der Waals surface area contributed by atoms with Gasteiger partial charge >= 0.3 is 35.7 Å². The maximum atomic E-state index is 13.3. The molecule has 25 heavy (non-hydrogen) atoms. The molecule has 0 aromatic carbocycles. The molecular weight excluding hydrogens is 366 g/mol. The van der Waals surface area contributed by atoms with Crippen LogP contribution in [0.5, 0.6) is 0 Å². The van der Waals surface area contributed by atoms with E-state index in [9.17, 15) is 40.7 Å².